The van der Waals surface area contributed by atoms with Crippen LogP contribution in [0.1, 0.15) is 36.7 Å². The van der Waals surface area contributed by atoms with E-state index >= 15 is 0 Å². The first-order valence-corrected chi connectivity index (χ1v) is 9.05. The van der Waals surface area contributed by atoms with E-state index in [4.69, 9.17) is 15.7 Å². The summed E-state index contributed by atoms with van der Waals surface area (Å²) >= 11 is 0. The molecule has 0 amide bonds. The van der Waals surface area contributed by atoms with Gasteiger partial charge in [0.25, 0.3) is 0 Å². The Kier molecular flexibility index (Phi) is 4.36. The Morgan fingerprint density at radius 3 is 2.89 bits per heavy atom. The number of hydrogen-bond donors (Lipinski definition) is 1. The first-order chi connectivity index (χ1) is 13.5. The Labute approximate surface area is 162 Å². The molecule has 1 aliphatic rings. The molecule has 0 saturated heterocycles. The highest BCUT2D eigenvalue weighted by Crippen LogP contribution is 2.47. The van der Waals surface area contributed by atoms with Crippen LogP contribution in [0.2, 0.25) is 0 Å². The molecule has 1 aliphatic heterocycles. The Morgan fingerprint density at radius 1 is 1.32 bits per heavy atom. The largest absolute Gasteiger partial charge is 0.478 e. The molecule has 6 heteroatoms. The fourth-order valence-corrected chi connectivity index (χ4v) is 3.71. The third-order valence-corrected chi connectivity index (χ3v) is 4.84. The van der Waals surface area contributed by atoms with Gasteiger partial charge in [0.2, 0.25) is 5.88 Å². The van der Waals surface area contributed by atoms with Crippen molar-refractivity contribution in [3.63, 3.8) is 0 Å². The Bertz CT molecular complexity index is 1220. The van der Waals surface area contributed by atoms with E-state index in [0.29, 0.717) is 34.9 Å². The molecule has 1 atom stereocenters. The summed E-state index contributed by atoms with van der Waals surface area (Å²) in [6.45, 7) is 13.8. The van der Waals surface area contributed by atoms with Crippen molar-refractivity contribution in [3.8, 4) is 5.88 Å². The number of pyridine rings is 1. The summed E-state index contributed by atoms with van der Waals surface area (Å²) in [6.07, 6.45) is 1.68. The van der Waals surface area contributed by atoms with E-state index in [0.717, 1.165) is 22.5 Å². The van der Waals surface area contributed by atoms with Crippen molar-refractivity contribution in [1.82, 2.24) is 4.98 Å². The third-order valence-electron chi connectivity index (χ3n) is 4.84. The minimum atomic E-state index is -0.447. The van der Waals surface area contributed by atoms with Gasteiger partial charge in [-0.25, -0.2) is 9.83 Å². The maximum atomic E-state index is 12.5. The second-order valence-electron chi connectivity index (χ2n) is 6.64. The maximum absolute atomic E-state index is 12.5. The van der Waals surface area contributed by atoms with Crippen LogP contribution in [-0.4, -0.2) is 11.6 Å². The number of allylic oxidation sites excluding steroid dienone is 2. The molecular weight excluding hydrogens is 354 g/mol. The number of benzene rings is 1. The monoisotopic (exact) mass is 373 g/mol. The lowest BCUT2D eigenvalue weighted by Gasteiger charge is -2.29. The van der Waals surface area contributed by atoms with Gasteiger partial charge in [-0.3, -0.25) is 4.79 Å². The van der Waals surface area contributed by atoms with E-state index < -0.39 is 5.92 Å². The highest BCUT2D eigenvalue weighted by Gasteiger charge is 2.34. The molecule has 0 radical (unpaired) electrons. The molecule has 3 heterocycles. The average Bonchev–Trinajstić information content (AvgIpc) is 2.67. The molecule has 4 rings (SSSR count). The topological polar surface area (TPSA) is 68.7 Å². The maximum Gasteiger partial charge on any atom is 0.218 e. The van der Waals surface area contributed by atoms with Crippen LogP contribution >= 0.6 is 0 Å². The number of nitrogens with one attached hydrogen (secondary N) is 1. The van der Waals surface area contributed by atoms with Gasteiger partial charge < -0.3 is 14.5 Å². The number of aromatic nitrogens is 1. The van der Waals surface area contributed by atoms with Crippen LogP contribution in [0.4, 0.5) is 5.69 Å². The van der Waals surface area contributed by atoms with Crippen LogP contribution < -0.4 is 15.5 Å². The number of anilines is 1. The van der Waals surface area contributed by atoms with Crippen molar-refractivity contribution in [2.45, 2.75) is 26.7 Å². The van der Waals surface area contributed by atoms with Crippen molar-refractivity contribution in [2.75, 3.05) is 11.9 Å². The Balaban J connectivity index is 2.09. The third kappa shape index (κ3) is 2.72. The van der Waals surface area contributed by atoms with E-state index in [1.54, 1.807) is 19.2 Å². The van der Waals surface area contributed by atoms with Gasteiger partial charge in [0.1, 0.15) is 11.3 Å². The van der Waals surface area contributed by atoms with Crippen LogP contribution in [0.25, 0.3) is 15.8 Å². The quantitative estimate of drug-likeness (QED) is 0.680. The molecular formula is C22H19N3O3. The van der Waals surface area contributed by atoms with Crippen molar-refractivity contribution < 1.29 is 9.15 Å². The molecule has 0 saturated carbocycles. The standard InChI is InChI=1S/C22H19N3O3/c1-5-27-22-19-16(9-10-24-22)25-13(3)20(23-4)18(19)15-8-6-7-14-17(26)11-12(2)28-21(14)15/h6-11,18,25H,5H2,1-3H3. The van der Waals surface area contributed by atoms with E-state index in [1.165, 1.54) is 6.07 Å². The summed E-state index contributed by atoms with van der Waals surface area (Å²) in [5.74, 6) is 0.552. The lowest BCUT2D eigenvalue weighted by Crippen LogP contribution is -2.19. The van der Waals surface area contributed by atoms with Crippen molar-refractivity contribution >= 4 is 16.7 Å². The fraction of sp³-hybridized carbons (Fsp3) is 0.227. The van der Waals surface area contributed by atoms with Gasteiger partial charge in [0, 0.05) is 29.2 Å². The average molecular weight is 373 g/mol. The molecule has 1 aromatic carbocycles. The van der Waals surface area contributed by atoms with Gasteiger partial charge in [-0.1, -0.05) is 12.1 Å². The second-order valence-corrected chi connectivity index (χ2v) is 6.64. The van der Waals surface area contributed by atoms with Crippen molar-refractivity contribution in [2.24, 2.45) is 0 Å². The minimum absolute atomic E-state index is 0.101. The highest BCUT2D eigenvalue weighted by molar-refractivity contribution is 5.83. The molecule has 0 bridgehead atoms. The number of aryl methyl sites for hydroxylation is 1. The number of para-hydroxylation sites is 1. The number of fused-ring (bicyclic) bond motifs is 2. The molecule has 0 aliphatic carbocycles. The summed E-state index contributed by atoms with van der Waals surface area (Å²) in [7, 11) is 0. The van der Waals surface area contributed by atoms with Crippen LogP contribution in [-0.2, 0) is 0 Å². The molecule has 0 spiro atoms. The van der Waals surface area contributed by atoms with Gasteiger partial charge in [-0.15, -0.1) is 0 Å². The molecule has 28 heavy (non-hydrogen) atoms. The molecule has 1 N–H and O–H groups in total. The van der Waals surface area contributed by atoms with E-state index in [9.17, 15) is 4.79 Å². The summed E-state index contributed by atoms with van der Waals surface area (Å²) in [4.78, 5) is 20.7. The zero-order chi connectivity index (χ0) is 19.8. The number of rotatable bonds is 3. The molecule has 2 aromatic heterocycles. The number of ether oxygens (including phenoxy) is 1. The summed E-state index contributed by atoms with van der Waals surface area (Å²) < 4.78 is 11.7. The molecule has 1 unspecified atom stereocenters. The van der Waals surface area contributed by atoms with E-state index in [-0.39, 0.29) is 5.43 Å². The number of nitrogens with zero attached hydrogens (tertiary/aromatic N) is 2. The molecule has 3 aromatic rings. The Hall–Kier alpha value is -3.59. The summed E-state index contributed by atoms with van der Waals surface area (Å²) in [5, 5.41) is 3.78. The van der Waals surface area contributed by atoms with Crippen LogP contribution in [0.3, 0.4) is 0 Å². The van der Waals surface area contributed by atoms with Gasteiger partial charge in [-0.05, 0) is 38.5 Å². The Morgan fingerprint density at radius 2 is 2.14 bits per heavy atom. The highest BCUT2D eigenvalue weighted by atomic mass is 16.5. The van der Waals surface area contributed by atoms with E-state index in [2.05, 4.69) is 15.1 Å². The van der Waals surface area contributed by atoms with Gasteiger partial charge in [-0.2, -0.15) is 0 Å². The van der Waals surface area contributed by atoms with E-state index in [1.807, 2.05) is 32.0 Å². The van der Waals surface area contributed by atoms with Gasteiger partial charge in [0.15, 0.2) is 11.1 Å². The molecule has 140 valence electrons. The number of hydrogen-bond acceptors (Lipinski definition) is 5. The second kappa shape index (κ2) is 6.86. The fourth-order valence-electron chi connectivity index (χ4n) is 3.71. The normalized spacial score (nSPS) is 15.7. The lowest BCUT2D eigenvalue weighted by atomic mass is 9.84. The molecule has 0 fully saturated rings. The minimum Gasteiger partial charge on any atom is -0.478 e. The van der Waals surface area contributed by atoms with Gasteiger partial charge >= 0.3 is 0 Å². The predicted molar refractivity (Wildman–Crippen MR) is 107 cm³/mol. The SMILES string of the molecule is [C-]#[N+]C1=C(C)Nc2ccnc(OCC)c2C1c1cccc2c(=O)cc(C)oc12. The predicted octanol–water partition coefficient (Wildman–Crippen LogP) is 4.60. The first kappa shape index (κ1) is 17.8. The zero-order valence-electron chi connectivity index (χ0n) is 15.9. The molecule has 6 nitrogen and oxygen atoms in total. The lowest BCUT2D eigenvalue weighted by molar-refractivity contribution is 0.322. The summed E-state index contributed by atoms with van der Waals surface area (Å²) in [6, 6.07) is 8.80. The van der Waals surface area contributed by atoms with Crippen LogP contribution in [0.5, 0.6) is 5.88 Å². The first-order valence-electron chi connectivity index (χ1n) is 9.05. The zero-order valence-corrected chi connectivity index (χ0v) is 15.9. The van der Waals surface area contributed by atoms with Crippen LogP contribution in [0.15, 0.2) is 57.1 Å². The summed E-state index contributed by atoms with van der Waals surface area (Å²) in [5.41, 5.74) is 4.03. The van der Waals surface area contributed by atoms with Gasteiger partial charge in [0.05, 0.1) is 24.5 Å². The van der Waals surface area contributed by atoms with Crippen molar-refractivity contribution in [3.05, 3.63) is 86.5 Å². The van der Waals surface area contributed by atoms with Crippen LogP contribution in [0, 0.1) is 13.5 Å². The van der Waals surface area contributed by atoms with Crippen molar-refractivity contribution in [1.29, 1.82) is 0 Å². The smallest absolute Gasteiger partial charge is 0.218 e.